The van der Waals surface area contributed by atoms with Crippen molar-refractivity contribution < 1.29 is 39.9 Å². The third kappa shape index (κ3) is 11.9. The Kier molecular flexibility index (Phi) is 23.6. The number of aliphatic hydroxyl groups is 5. The second kappa shape index (κ2) is 22.4. The van der Waals surface area contributed by atoms with Gasteiger partial charge in [-0.15, -0.1) is 0 Å². The predicted octanol–water partition coefficient (Wildman–Crippen LogP) is 1.20. The van der Waals surface area contributed by atoms with Crippen molar-refractivity contribution in [1.82, 2.24) is 10.6 Å². The number of carbonyl (C=O) groups excluding carboxylic acids is 3. The number of aliphatic hydroxyl groups excluding tert-OH is 5. The molecule has 1 rings (SSSR count). The molecule has 222 valence electrons. The van der Waals surface area contributed by atoms with Gasteiger partial charge in [0.15, 0.2) is 0 Å². The van der Waals surface area contributed by atoms with E-state index in [9.17, 15) is 29.7 Å². The number of rotatable bonds is 11. The molecular weight excluding hydrogens is 494 g/mol. The fraction of sp³-hybridized carbons (Fsp3) is 0.667. The van der Waals surface area contributed by atoms with Crippen LogP contribution >= 0.6 is 0 Å². The fourth-order valence-electron chi connectivity index (χ4n) is 3.56. The van der Waals surface area contributed by atoms with E-state index in [1.807, 2.05) is 41.5 Å². The average Bonchev–Trinajstić information content (AvgIpc) is 2.92. The van der Waals surface area contributed by atoms with E-state index in [0.717, 1.165) is 0 Å². The summed E-state index contributed by atoms with van der Waals surface area (Å²) in [5.74, 6) is -1.67. The van der Waals surface area contributed by atoms with Crippen LogP contribution in [0.5, 0.6) is 0 Å². The minimum atomic E-state index is -1.25. The lowest BCUT2D eigenvalue weighted by Gasteiger charge is -2.30. The quantitative estimate of drug-likeness (QED) is 0.217. The molecule has 2 unspecified atom stereocenters. The first-order valence-electron chi connectivity index (χ1n) is 13.2. The van der Waals surface area contributed by atoms with E-state index in [1.165, 1.54) is 11.8 Å². The molecule has 0 saturated carbocycles. The first-order chi connectivity index (χ1) is 18.0. The van der Waals surface area contributed by atoms with E-state index in [-0.39, 0.29) is 43.1 Å². The van der Waals surface area contributed by atoms with E-state index >= 15 is 0 Å². The lowest BCUT2D eigenvalue weighted by atomic mass is 9.89. The van der Waals surface area contributed by atoms with Crippen LogP contribution in [0.1, 0.15) is 85.9 Å². The Morgan fingerprint density at radius 2 is 1.16 bits per heavy atom. The monoisotopic (exact) mass is 545 g/mol. The highest BCUT2D eigenvalue weighted by Gasteiger charge is 2.29. The molecule has 0 heterocycles. The highest BCUT2D eigenvalue weighted by molar-refractivity contribution is 6.08. The molecule has 0 aliphatic rings. The van der Waals surface area contributed by atoms with Gasteiger partial charge in [-0.2, -0.15) is 0 Å². The number of hydrogen-bond acceptors (Lipinski definition) is 8. The molecule has 1 aromatic carbocycles. The van der Waals surface area contributed by atoms with E-state index in [0.29, 0.717) is 16.7 Å². The second-order valence-electron chi connectivity index (χ2n) is 7.47. The van der Waals surface area contributed by atoms with Gasteiger partial charge in [-0.05, 0) is 37.5 Å². The van der Waals surface area contributed by atoms with Gasteiger partial charge in [0.1, 0.15) is 0 Å². The molecule has 1 aromatic rings. The first kappa shape index (κ1) is 39.9. The van der Waals surface area contributed by atoms with Crippen LogP contribution in [0.3, 0.4) is 0 Å². The summed E-state index contributed by atoms with van der Waals surface area (Å²) in [6.07, 6.45) is -2.42. The standard InChI is InChI=1S/C21H33N3O8.3C2H6/c1-11-17(20(31)22-5-6-25)12(2)19(24(14(4)28)8-16(30)10-27)13(3)18(11)21(32)23-7-15(29)9-26;3*1-2/h15-16,25-27,29-30H,5-10H2,1-4H3,(H,22,31)(H,23,32);3*1-2H3. The Labute approximate surface area is 227 Å². The molecule has 11 nitrogen and oxygen atoms in total. The maximum absolute atomic E-state index is 13.0. The Hall–Kier alpha value is -2.57. The number of hydrogen-bond donors (Lipinski definition) is 7. The summed E-state index contributed by atoms with van der Waals surface area (Å²) >= 11 is 0. The topological polar surface area (TPSA) is 180 Å². The van der Waals surface area contributed by atoms with Gasteiger partial charge >= 0.3 is 0 Å². The van der Waals surface area contributed by atoms with Crippen LogP contribution in [-0.4, -0.2) is 94.9 Å². The average molecular weight is 546 g/mol. The molecular formula is C27H51N3O8. The number of benzene rings is 1. The van der Waals surface area contributed by atoms with Gasteiger partial charge in [-0.25, -0.2) is 0 Å². The molecule has 0 fully saturated rings. The molecule has 0 bridgehead atoms. The Bertz CT molecular complexity index is 846. The molecule has 2 atom stereocenters. The number of amides is 3. The van der Waals surface area contributed by atoms with Gasteiger partial charge in [-0.1, -0.05) is 41.5 Å². The highest BCUT2D eigenvalue weighted by Crippen LogP contribution is 2.34. The van der Waals surface area contributed by atoms with Gasteiger partial charge in [0, 0.05) is 31.1 Å². The van der Waals surface area contributed by atoms with Crippen LogP contribution in [0.15, 0.2) is 0 Å². The van der Waals surface area contributed by atoms with E-state index in [2.05, 4.69) is 10.6 Å². The third-order valence-electron chi connectivity index (χ3n) is 5.02. The Balaban J connectivity index is -0.00000190. The molecule has 0 aromatic heterocycles. The van der Waals surface area contributed by atoms with Crippen LogP contribution < -0.4 is 15.5 Å². The maximum Gasteiger partial charge on any atom is 0.252 e. The van der Waals surface area contributed by atoms with Gasteiger partial charge < -0.3 is 41.1 Å². The first-order valence-corrected chi connectivity index (χ1v) is 13.2. The van der Waals surface area contributed by atoms with Crippen molar-refractivity contribution in [3.63, 3.8) is 0 Å². The summed E-state index contributed by atoms with van der Waals surface area (Å²) < 4.78 is 0. The lowest BCUT2D eigenvalue weighted by molar-refractivity contribution is -0.117. The number of anilines is 1. The van der Waals surface area contributed by atoms with Crippen molar-refractivity contribution >= 4 is 23.4 Å². The van der Waals surface area contributed by atoms with E-state index < -0.39 is 43.1 Å². The minimum absolute atomic E-state index is 0.0230. The van der Waals surface area contributed by atoms with Gasteiger partial charge in [0.2, 0.25) is 5.91 Å². The van der Waals surface area contributed by atoms with E-state index in [1.54, 1.807) is 20.8 Å². The van der Waals surface area contributed by atoms with Crippen molar-refractivity contribution in [2.75, 3.05) is 44.4 Å². The van der Waals surface area contributed by atoms with Crippen molar-refractivity contribution in [2.24, 2.45) is 0 Å². The molecule has 0 saturated heterocycles. The molecule has 0 aliphatic heterocycles. The summed E-state index contributed by atoms with van der Waals surface area (Å²) in [4.78, 5) is 39.4. The molecule has 0 radical (unpaired) electrons. The molecule has 0 spiro atoms. The zero-order valence-corrected chi connectivity index (χ0v) is 24.8. The van der Waals surface area contributed by atoms with E-state index in [4.69, 9.17) is 10.2 Å². The highest BCUT2D eigenvalue weighted by atomic mass is 16.3. The molecule has 7 N–H and O–H groups in total. The zero-order chi connectivity index (χ0) is 30.6. The molecule has 0 aliphatic carbocycles. The normalized spacial score (nSPS) is 11.2. The minimum Gasteiger partial charge on any atom is -0.395 e. The van der Waals surface area contributed by atoms with Crippen LogP contribution in [-0.2, 0) is 4.79 Å². The smallest absolute Gasteiger partial charge is 0.252 e. The SMILES string of the molecule is CC.CC.CC.CC(=O)N(CC(O)CO)c1c(C)c(C(=O)NCCO)c(C)c(C(=O)NCC(O)CO)c1C. The largest absolute Gasteiger partial charge is 0.395 e. The van der Waals surface area contributed by atoms with Crippen LogP contribution in [0.4, 0.5) is 5.69 Å². The van der Waals surface area contributed by atoms with Crippen molar-refractivity contribution in [3.8, 4) is 0 Å². The van der Waals surface area contributed by atoms with Gasteiger partial charge in [0.25, 0.3) is 11.8 Å². The Morgan fingerprint density at radius 3 is 1.53 bits per heavy atom. The summed E-state index contributed by atoms with van der Waals surface area (Å²) in [5, 5.41) is 51.8. The van der Waals surface area contributed by atoms with Gasteiger partial charge in [-0.3, -0.25) is 14.4 Å². The number of nitrogens with one attached hydrogen (secondary N) is 2. The summed E-state index contributed by atoms with van der Waals surface area (Å²) in [5.41, 5.74) is 1.50. The predicted molar refractivity (Wildman–Crippen MR) is 151 cm³/mol. The zero-order valence-electron chi connectivity index (χ0n) is 24.8. The summed E-state index contributed by atoms with van der Waals surface area (Å²) in [6.45, 7) is 16.0. The molecule has 3 amide bonds. The van der Waals surface area contributed by atoms with Crippen molar-refractivity contribution in [3.05, 3.63) is 27.8 Å². The number of nitrogens with zero attached hydrogens (tertiary/aromatic N) is 1. The van der Waals surface area contributed by atoms with Crippen LogP contribution in [0.2, 0.25) is 0 Å². The fourth-order valence-corrected chi connectivity index (χ4v) is 3.56. The third-order valence-corrected chi connectivity index (χ3v) is 5.02. The molecule has 11 heteroatoms. The summed E-state index contributed by atoms with van der Waals surface area (Å²) in [6, 6.07) is 0. The van der Waals surface area contributed by atoms with Crippen LogP contribution in [0, 0.1) is 20.8 Å². The number of carbonyl (C=O) groups is 3. The molecule has 38 heavy (non-hydrogen) atoms. The van der Waals surface area contributed by atoms with Crippen molar-refractivity contribution in [1.29, 1.82) is 0 Å². The van der Waals surface area contributed by atoms with Gasteiger partial charge in [0.05, 0.1) is 44.3 Å². The Morgan fingerprint density at radius 1 is 0.737 bits per heavy atom. The summed E-state index contributed by atoms with van der Waals surface area (Å²) in [7, 11) is 0. The second-order valence-corrected chi connectivity index (χ2v) is 7.47. The van der Waals surface area contributed by atoms with Crippen molar-refractivity contribution in [2.45, 2.75) is 81.4 Å². The lowest BCUT2D eigenvalue weighted by Crippen LogP contribution is -2.40. The van der Waals surface area contributed by atoms with Crippen LogP contribution in [0.25, 0.3) is 0 Å². The maximum atomic E-state index is 13.0.